The van der Waals surface area contributed by atoms with E-state index < -0.39 is 0 Å². The van der Waals surface area contributed by atoms with Crippen molar-refractivity contribution in [2.45, 2.75) is 44.6 Å². The fourth-order valence-corrected chi connectivity index (χ4v) is 6.07. The Bertz CT molecular complexity index is 1460. The van der Waals surface area contributed by atoms with Crippen molar-refractivity contribution < 1.29 is 23.8 Å². The van der Waals surface area contributed by atoms with Gasteiger partial charge in [0.15, 0.2) is 11.5 Å². The van der Waals surface area contributed by atoms with Gasteiger partial charge in [-0.05, 0) is 73.8 Å². The van der Waals surface area contributed by atoms with E-state index in [4.69, 9.17) is 14.2 Å². The minimum Gasteiger partial charge on any atom is -0.493 e. The predicted molar refractivity (Wildman–Crippen MR) is 163 cm³/mol. The maximum absolute atomic E-state index is 13.2. The van der Waals surface area contributed by atoms with Crippen LogP contribution in [-0.2, 0) is 22.7 Å². The van der Waals surface area contributed by atoms with E-state index in [1.165, 1.54) is 6.42 Å². The number of carbonyl (C=O) groups excluding carboxylic acids is 2. The summed E-state index contributed by atoms with van der Waals surface area (Å²) in [5.74, 6) is 2.61. The maximum atomic E-state index is 13.2. The number of fused-ring (bicyclic) bond motifs is 5. The fraction of sp³-hybridized carbons (Fsp3) is 0.424. The topological polar surface area (TPSA) is 96.5 Å². The minimum absolute atomic E-state index is 0.0468. The summed E-state index contributed by atoms with van der Waals surface area (Å²) < 4.78 is 18.2. The molecule has 10 heteroatoms. The van der Waals surface area contributed by atoms with Crippen LogP contribution in [0.2, 0.25) is 0 Å². The van der Waals surface area contributed by atoms with Gasteiger partial charge in [0, 0.05) is 44.5 Å². The van der Waals surface area contributed by atoms with Crippen LogP contribution in [-0.4, -0.2) is 85.6 Å². The number of likely N-dealkylation sites (N-methyl/N-ethyl adjacent to an activating group) is 1. The number of hydrogen-bond donors (Lipinski definition) is 1. The van der Waals surface area contributed by atoms with Gasteiger partial charge in [-0.25, -0.2) is 4.98 Å². The Morgan fingerprint density at radius 1 is 1.00 bits per heavy atom. The fourth-order valence-electron chi connectivity index (χ4n) is 6.07. The van der Waals surface area contributed by atoms with Gasteiger partial charge in [-0.15, -0.1) is 0 Å². The van der Waals surface area contributed by atoms with Gasteiger partial charge in [0.05, 0.1) is 32.4 Å². The number of likely N-dealkylation sites (tertiary alicyclic amines) is 1. The number of piperidine rings is 1. The number of anilines is 1. The number of carbonyl (C=O) groups is 2. The summed E-state index contributed by atoms with van der Waals surface area (Å²) in [5, 5.41) is 3.22. The standard InChI is InChI=1S/C33H39N5O5/c1-36-18-23-9-10-28(41-2)29(16-23)43-26-8-6-7-24(15-26)22-42-30-20-38(19-27(30)35-32(39)21-36)31-17-25(11-12-34-31)33(40)37-13-4-3-5-14-37/h6-12,15-17,27,30H,3-5,13-14,18-22H2,1-2H3,(H,35,39)/t27-,30-/m0/s1. The molecule has 10 nitrogen and oxygen atoms in total. The van der Waals surface area contributed by atoms with Crippen LogP contribution in [0.5, 0.6) is 17.2 Å². The Morgan fingerprint density at radius 3 is 2.70 bits per heavy atom. The number of ether oxygens (including phenoxy) is 3. The Kier molecular flexibility index (Phi) is 8.76. The van der Waals surface area contributed by atoms with Gasteiger partial charge in [-0.1, -0.05) is 18.2 Å². The van der Waals surface area contributed by atoms with E-state index in [9.17, 15) is 9.59 Å². The molecule has 0 unspecified atom stereocenters. The van der Waals surface area contributed by atoms with Crippen molar-refractivity contribution in [3.8, 4) is 17.2 Å². The van der Waals surface area contributed by atoms with Crippen LogP contribution >= 0.6 is 0 Å². The summed E-state index contributed by atoms with van der Waals surface area (Å²) in [4.78, 5) is 37.0. The molecule has 43 heavy (non-hydrogen) atoms. The number of rotatable bonds is 3. The molecular formula is C33H39N5O5. The first-order valence-corrected chi connectivity index (χ1v) is 15.0. The van der Waals surface area contributed by atoms with Crippen molar-refractivity contribution in [3.63, 3.8) is 0 Å². The van der Waals surface area contributed by atoms with Crippen molar-refractivity contribution >= 4 is 17.6 Å². The lowest BCUT2D eigenvalue weighted by atomic mass is 10.1. The summed E-state index contributed by atoms with van der Waals surface area (Å²) >= 11 is 0. The van der Waals surface area contributed by atoms with Crippen LogP contribution in [0.15, 0.2) is 60.8 Å². The lowest BCUT2D eigenvalue weighted by molar-refractivity contribution is -0.123. The highest BCUT2D eigenvalue weighted by molar-refractivity contribution is 5.95. The molecule has 0 aliphatic carbocycles. The molecule has 2 amide bonds. The number of amides is 2. The third kappa shape index (κ3) is 6.92. The molecule has 2 aromatic carbocycles. The van der Waals surface area contributed by atoms with E-state index >= 15 is 0 Å². The number of nitrogens with one attached hydrogen (secondary N) is 1. The summed E-state index contributed by atoms with van der Waals surface area (Å²) in [7, 11) is 3.54. The molecule has 2 fully saturated rings. The van der Waals surface area contributed by atoms with Gasteiger partial charge < -0.3 is 29.3 Å². The molecule has 0 radical (unpaired) electrons. The molecular weight excluding hydrogens is 546 g/mol. The van der Waals surface area contributed by atoms with Crippen LogP contribution < -0.4 is 19.7 Å². The summed E-state index contributed by atoms with van der Waals surface area (Å²) in [6.07, 6.45) is 4.67. The lowest BCUT2D eigenvalue weighted by Crippen LogP contribution is -2.47. The molecule has 3 aliphatic heterocycles. The molecule has 3 aliphatic rings. The summed E-state index contributed by atoms with van der Waals surface area (Å²) in [6.45, 7) is 3.79. The highest BCUT2D eigenvalue weighted by Crippen LogP contribution is 2.33. The number of benzene rings is 2. The quantitative estimate of drug-likeness (QED) is 0.496. The molecule has 6 rings (SSSR count). The van der Waals surface area contributed by atoms with Crippen LogP contribution in [0.25, 0.3) is 0 Å². The highest BCUT2D eigenvalue weighted by atomic mass is 16.5. The van der Waals surface area contributed by atoms with Crippen LogP contribution in [0.3, 0.4) is 0 Å². The maximum Gasteiger partial charge on any atom is 0.254 e. The van der Waals surface area contributed by atoms with Crippen LogP contribution in [0, 0.1) is 0 Å². The largest absolute Gasteiger partial charge is 0.493 e. The Morgan fingerprint density at radius 2 is 1.86 bits per heavy atom. The average Bonchev–Trinajstić information content (AvgIpc) is 3.42. The lowest BCUT2D eigenvalue weighted by Gasteiger charge is -2.27. The number of pyridine rings is 1. The second-order valence-electron chi connectivity index (χ2n) is 11.6. The average molecular weight is 586 g/mol. The van der Waals surface area contributed by atoms with E-state index in [0.29, 0.717) is 54.9 Å². The van der Waals surface area contributed by atoms with Crippen molar-refractivity contribution in [2.75, 3.05) is 51.8 Å². The molecule has 1 aromatic heterocycles. The van der Waals surface area contributed by atoms with Gasteiger partial charge >= 0.3 is 0 Å². The molecule has 226 valence electrons. The van der Waals surface area contributed by atoms with Gasteiger partial charge in [0.1, 0.15) is 11.6 Å². The first kappa shape index (κ1) is 28.9. The van der Waals surface area contributed by atoms with E-state index in [0.717, 1.165) is 37.1 Å². The van der Waals surface area contributed by atoms with Crippen LogP contribution in [0.4, 0.5) is 5.82 Å². The van der Waals surface area contributed by atoms with Crippen LogP contribution in [0.1, 0.15) is 40.7 Å². The molecule has 2 saturated heterocycles. The molecule has 2 atom stereocenters. The molecule has 0 spiro atoms. The van der Waals surface area contributed by atoms with Crippen molar-refractivity contribution in [1.29, 1.82) is 0 Å². The second-order valence-corrected chi connectivity index (χ2v) is 11.6. The number of hydrogen-bond acceptors (Lipinski definition) is 8. The zero-order chi connectivity index (χ0) is 29.8. The molecule has 4 heterocycles. The zero-order valence-electron chi connectivity index (χ0n) is 24.8. The van der Waals surface area contributed by atoms with E-state index in [1.54, 1.807) is 19.4 Å². The SMILES string of the molecule is COc1ccc2cc1Oc1cccc(c1)CO[C@H]1CN(c3cc(C(=O)N4CCCCC4)ccn3)C[C@@H]1NC(=O)CN(C)C2. The van der Waals surface area contributed by atoms with Gasteiger partial charge in [-0.3, -0.25) is 14.5 Å². The van der Waals surface area contributed by atoms with Crippen molar-refractivity contribution in [3.05, 3.63) is 77.5 Å². The summed E-state index contributed by atoms with van der Waals surface area (Å²) in [6, 6.07) is 17.0. The van der Waals surface area contributed by atoms with Crippen molar-refractivity contribution in [1.82, 2.24) is 20.1 Å². The molecule has 0 saturated carbocycles. The first-order chi connectivity index (χ1) is 20.9. The third-order valence-electron chi connectivity index (χ3n) is 8.26. The second kappa shape index (κ2) is 13.0. The smallest absolute Gasteiger partial charge is 0.254 e. The monoisotopic (exact) mass is 585 g/mol. The van der Waals surface area contributed by atoms with Crippen molar-refractivity contribution in [2.24, 2.45) is 0 Å². The zero-order valence-corrected chi connectivity index (χ0v) is 24.8. The number of methoxy groups -OCH3 is 1. The Hall–Kier alpha value is -4.15. The minimum atomic E-state index is -0.275. The Balaban J connectivity index is 1.23. The molecule has 1 N–H and O–H groups in total. The van der Waals surface area contributed by atoms with Gasteiger partial charge in [-0.2, -0.15) is 0 Å². The molecule has 3 aromatic rings. The van der Waals surface area contributed by atoms with E-state index in [1.807, 2.05) is 65.4 Å². The van der Waals surface area contributed by atoms with E-state index in [2.05, 4.69) is 15.2 Å². The van der Waals surface area contributed by atoms with Gasteiger partial charge in [0.2, 0.25) is 5.91 Å². The van der Waals surface area contributed by atoms with Gasteiger partial charge in [0.25, 0.3) is 5.91 Å². The number of aromatic nitrogens is 1. The molecule has 4 bridgehead atoms. The van der Waals surface area contributed by atoms with E-state index in [-0.39, 0.29) is 30.5 Å². The first-order valence-electron chi connectivity index (χ1n) is 15.0. The predicted octanol–water partition coefficient (Wildman–Crippen LogP) is 3.84. The Labute approximate surface area is 252 Å². The normalized spacial score (nSPS) is 21.5. The third-order valence-corrected chi connectivity index (χ3v) is 8.26. The summed E-state index contributed by atoms with van der Waals surface area (Å²) in [5.41, 5.74) is 2.60. The number of nitrogens with zero attached hydrogens (tertiary/aromatic N) is 4. The highest BCUT2D eigenvalue weighted by Gasteiger charge is 2.36.